The van der Waals surface area contributed by atoms with E-state index in [1.165, 1.54) is 0 Å². The Kier molecular flexibility index (Phi) is 4.22. The molecule has 0 aliphatic heterocycles. The number of methoxy groups -OCH3 is 2. The van der Waals surface area contributed by atoms with Gasteiger partial charge in [-0.25, -0.2) is 9.59 Å². The number of nitrogens with zero attached hydrogens (tertiary/aromatic N) is 1. The summed E-state index contributed by atoms with van der Waals surface area (Å²) in [5.74, 6) is -1.73. The number of benzene rings is 1. The molecule has 96 valence electrons. The number of hydrogen-bond acceptors (Lipinski definition) is 6. The second-order valence-corrected chi connectivity index (χ2v) is 3.50. The first-order valence-electron chi connectivity index (χ1n) is 4.57. The molecule has 0 aromatic heterocycles. The van der Waals surface area contributed by atoms with Crippen molar-refractivity contribution in [3.63, 3.8) is 0 Å². The Bertz CT molecular complexity index is 527. The third kappa shape index (κ3) is 2.57. The lowest BCUT2D eigenvalue weighted by molar-refractivity contribution is -0.384. The van der Waals surface area contributed by atoms with Crippen LogP contribution in [0.1, 0.15) is 20.7 Å². The van der Waals surface area contributed by atoms with Gasteiger partial charge in [0.25, 0.3) is 5.69 Å². The van der Waals surface area contributed by atoms with Gasteiger partial charge in [-0.3, -0.25) is 10.1 Å². The molecule has 1 aromatic rings. The van der Waals surface area contributed by atoms with Gasteiger partial charge in [-0.15, -0.1) is 0 Å². The van der Waals surface area contributed by atoms with Crippen LogP contribution in [0.3, 0.4) is 0 Å². The Morgan fingerprint density at radius 2 is 1.61 bits per heavy atom. The third-order valence-corrected chi connectivity index (χ3v) is 2.40. The molecule has 18 heavy (non-hydrogen) atoms. The lowest BCUT2D eigenvalue weighted by Gasteiger charge is -2.07. The van der Waals surface area contributed by atoms with Gasteiger partial charge >= 0.3 is 11.9 Å². The summed E-state index contributed by atoms with van der Waals surface area (Å²) in [6, 6.07) is 1.87. The summed E-state index contributed by atoms with van der Waals surface area (Å²) < 4.78 is 8.89. The van der Waals surface area contributed by atoms with E-state index in [9.17, 15) is 19.7 Å². The van der Waals surface area contributed by atoms with Gasteiger partial charge in [-0.2, -0.15) is 0 Å². The topological polar surface area (TPSA) is 95.7 Å². The molecule has 7 nitrogen and oxygen atoms in total. The maximum Gasteiger partial charge on any atom is 0.338 e. The van der Waals surface area contributed by atoms with Gasteiger partial charge in [0, 0.05) is 6.07 Å². The van der Waals surface area contributed by atoms with E-state index in [0.717, 1.165) is 26.4 Å². The fourth-order valence-electron chi connectivity index (χ4n) is 1.26. The fraction of sp³-hybridized carbons (Fsp3) is 0.200. The van der Waals surface area contributed by atoms with Crippen molar-refractivity contribution in [3.8, 4) is 0 Å². The maximum atomic E-state index is 11.4. The molecular weight excluding hydrogens is 266 g/mol. The predicted octanol–water partition coefficient (Wildman–Crippen LogP) is 1.82. The van der Waals surface area contributed by atoms with Crippen LogP contribution in [0.15, 0.2) is 12.1 Å². The van der Waals surface area contributed by atoms with E-state index in [4.69, 9.17) is 11.6 Å². The number of nitro benzene ring substituents is 1. The quantitative estimate of drug-likeness (QED) is 0.473. The number of esters is 2. The summed E-state index contributed by atoms with van der Waals surface area (Å²) in [6.07, 6.45) is 0. The molecular formula is C10H8ClNO6. The minimum atomic E-state index is -0.893. The van der Waals surface area contributed by atoms with Gasteiger partial charge in [-0.05, 0) is 6.07 Å². The molecule has 0 aliphatic carbocycles. The van der Waals surface area contributed by atoms with Crippen LogP contribution in [-0.2, 0) is 9.47 Å². The molecule has 0 heterocycles. The molecule has 0 aliphatic rings. The van der Waals surface area contributed by atoms with Crippen molar-refractivity contribution in [1.29, 1.82) is 0 Å². The number of hydrogen-bond donors (Lipinski definition) is 0. The number of carbonyl (C=O) groups excluding carboxylic acids is 2. The van der Waals surface area contributed by atoms with E-state index in [-0.39, 0.29) is 16.1 Å². The Balaban J connectivity index is 3.51. The zero-order valence-corrected chi connectivity index (χ0v) is 10.2. The van der Waals surface area contributed by atoms with Crippen LogP contribution in [-0.4, -0.2) is 31.1 Å². The Morgan fingerprint density at radius 3 is 2.00 bits per heavy atom. The Morgan fingerprint density at radius 1 is 1.17 bits per heavy atom. The molecule has 0 saturated heterocycles. The highest BCUT2D eigenvalue weighted by molar-refractivity contribution is 6.33. The Hall–Kier alpha value is -2.15. The number of ether oxygens (including phenoxy) is 2. The average molecular weight is 274 g/mol. The van der Waals surface area contributed by atoms with Gasteiger partial charge in [0.15, 0.2) is 0 Å². The van der Waals surface area contributed by atoms with Gasteiger partial charge in [0.2, 0.25) is 0 Å². The number of nitro groups is 1. The molecule has 0 saturated carbocycles. The van der Waals surface area contributed by atoms with Crippen molar-refractivity contribution in [3.05, 3.63) is 38.4 Å². The second-order valence-electron chi connectivity index (χ2n) is 3.09. The normalized spacial score (nSPS) is 9.72. The molecule has 0 atom stereocenters. The summed E-state index contributed by atoms with van der Waals surface area (Å²) in [5.41, 5.74) is -0.967. The lowest BCUT2D eigenvalue weighted by atomic mass is 10.1. The van der Waals surface area contributed by atoms with E-state index in [1.54, 1.807) is 0 Å². The van der Waals surface area contributed by atoms with Crippen molar-refractivity contribution in [2.75, 3.05) is 14.2 Å². The molecule has 0 spiro atoms. The largest absolute Gasteiger partial charge is 0.465 e. The summed E-state index contributed by atoms with van der Waals surface area (Å²) in [5, 5.41) is 10.4. The smallest absolute Gasteiger partial charge is 0.338 e. The molecule has 0 amide bonds. The van der Waals surface area contributed by atoms with Crippen LogP contribution in [0, 0.1) is 10.1 Å². The monoisotopic (exact) mass is 273 g/mol. The van der Waals surface area contributed by atoms with E-state index in [2.05, 4.69) is 9.47 Å². The SMILES string of the molecule is COC(=O)c1cc(Cl)c([N+](=O)[O-])cc1C(=O)OC. The molecule has 0 bridgehead atoms. The van der Waals surface area contributed by atoms with Crippen molar-refractivity contribution < 1.29 is 24.0 Å². The average Bonchev–Trinajstić information content (AvgIpc) is 2.36. The summed E-state index contributed by atoms with van der Waals surface area (Å²) in [6.45, 7) is 0. The highest BCUT2D eigenvalue weighted by Crippen LogP contribution is 2.28. The van der Waals surface area contributed by atoms with Gasteiger partial charge in [-0.1, -0.05) is 11.6 Å². The third-order valence-electron chi connectivity index (χ3n) is 2.09. The molecule has 0 fully saturated rings. The van der Waals surface area contributed by atoms with Crippen LogP contribution >= 0.6 is 11.6 Å². The van der Waals surface area contributed by atoms with Gasteiger partial charge in [0.05, 0.1) is 30.3 Å². The summed E-state index contributed by atoms with van der Waals surface area (Å²) >= 11 is 5.64. The van der Waals surface area contributed by atoms with Crippen molar-refractivity contribution in [2.45, 2.75) is 0 Å². The van der Waals surface area contributed by atoms with Crippen molar-refractivity contribution in [1.82, 2.24) is 0 Å². The first-order chi connectivity index (χ1) is 8.42. The molecule has 0 radical (unpaired) electrons. The zero-order chi connectivity index (χ0) is 13.9. The van der Waals surface area contributed by atoms with E-state index in [1.807, 2.05) is 0 Å². The molecule has 0 unspecified atom stereocenters. The molecule has 0 N–H and O–H groups in total. The Labute approximate surface area is 106 Å². The minimum Gasteiger partial charge on any atom is -0.465 e. The predicted molar refractivity (Wildman–Crippen MR) is 60.8 cm³/mol. The van der Waals surface area contributed by atoms with Crippen molar-refractivity contribution >= 4 is 29.2 Å². The summed E-state index contributed by atoms with van der Waals surface area (Å²) in [7, 11) is 2.20. The van der Waals surface area contributed by atoms with Crippen LogP contribution < -0.4 is 0 Å². The van der Waals surface area contributed by atoms with Crippen LogP contribution in [0.4, 0.5) is 5.69 Å². The van der Waals surface area contributed by atoms with E-state index in [0.29, 0.717) is 0 Å². The van der Waals surface area contributed by atoms with Gasteiger partial charge in [0.1, 0.15) is 5.02 Å². The van der Waals surface area contributed by atoms with Gasteiger partial charge < -0.3 is 9.47 Å². The lowest BCUT2D eigenvalue weighted by Crippen LogP contribution is -2.12. The van der Waals surface area contributed by atoms with Crippen LogP contribution in [0.5, 0.6) is 0 Å². The first-order valence-corrected chi connectivity index (χ1v) is 4.94. The highest BCUT2D eigenvalue weighted by atomic mass is 35.5. The highest BCUT2D eigenvalue weighted by Gasteiger charge is 2.25. The maximum absolute atomic E-state index is 11.4. The van der Waals surface area contributed by atoms with Crippen LogP contribution in [0.25, 0.3) is 0 Å². The second kappa shape index (κ2) is 5.46. The fourth-order valence-corrected chi connectivity index (χ4v) is 1.49. The van der Waals surface area contributed by atoms with E-state index >= 15 is 0 Å². The standard InChI is InChI=1S/C10H8ClNO6/c1-17-9(13)5-3-7(11)8(12(15)16)4-6(5)10(14)18-2/h3-4H,1-2H3. The van der Waals surface area contributed by atoms with Crippen LogP contribution in [0.2, 0.25) is 5.02 Å². The number of halogens is 1. The summed E-state index contributed by atoms with van der Waals surface area (Å²) in [4.78, 5) is 32.8. The first kappa shape index (κ1) is 13.9. The molecule has 1 aromatic carbocycles. The molecule has 8 heteroatoms. The van der Waals surface area contributed by atoms with E-state index < -0.39 is 22.5 Å². The minimum absolute atomic E-state index is 0.194. The zero-order valence-electron chi connectivity index (χ0n) is 9.43. The number of carbonyl (C=O) groups is 2. The van der Waals surface area contributed by atoms with Crippen molar-refractivity contribution in [2.24, 2.45) is 0 Å². The number of rotatable bonds is 3. The molecule has 1 rings (SSSR count).